The van der Waals surface area contributed by atoms with Crippen LogP contribution >= 0.6 is 0 Å². The van der Waals surface area contributed by atoms with Crippen LogP contribution < -0.4 is 4.72 Å². The first kappa shape index (κ1) is 13.9. The molecule has 0 amide bonds. The number of ether oxygens (including phenoxy) is 1. The quantitative estimate of drug-likeness (QED) is 0.728. The second-order valence-electron chi connectivity index (χ2n) is 2.98. The van der Waals surface area contributed by atoms with Crippen LogP contribution in [0.2, 0.25) is 0 Å². The molecule has 2 N–H and O–H groups in total. The van der Waals surface area contributed by atoms with Gasteiger partial charge in [0.15, 0.2) is 5.03 Å². The second kappa shape index (κ2) is 5.47. The van der Waals surface area contributed by atoms with Crippen molar-refractivity contribution in [2.45, 2.75) is 11.2 Å². The SMILES string of the molecule is O=S(=O)(NCCOCC(F)(F)F)c1cnc[nH]1. The predicted molar refractivity (Wildman–Crippen MR) is 50.7 cm³/mol. The fourth-order valence-corrected chi connectivity index (χ4v) is 1.82. The standard InChI is InChI=1S/C7H10F3N3O3S/c8-7(9,10)4-16-2-1-13-17(14,15)6-3-11-5-12-6/h3,5,13H,1-2,4H2,(H,11,12). The summed E-state index contributed by atoms with van der Waals surface area (Å²) < 4.78 is 64.1. The van der Waals surface area contributed by atoms with Crippen LogP contribution in [0.25, 0.3) is 0 Å². The molecule has 0 aliphatic carbocycles. The average molecular weight is 273 g/mol. The second-order valence-corrected chi connectivity index (χ2v) is 4.72. The molecule has 0 fully saturated rings. The van der Waals surface area contributed by atoms with E-state index in [-0.39, 0.29) is 18.2 Å². The lowest BCUT2D eigenvalue weighted by Crippen LogP contribution is -2.29. The highest BCUT2D eigenvalue weighted by atomic mass is 32.2. The van der Waals surface area contributed by atoms with Gasteiger partial charge in [0.25, 0.3) is 10.0 Å². The molecule has 17 heavy (non-hydrogen) atoms. The molecule has 1 heterocycles. The molecule has 0 unspecified atom stereocenters. The van der Waals surface area contributed by atoms with E-state index in [9.17, 15) is 21.6 Å². The van der Waals surface area contributed by atoms with Crippen molar-refractivity contribution in [2.75, 3.05) is 19.8 Å². The molecule has 0 aromatic carbocycles. The van der Waals surface area contributed by atoms with Crippen molar-refractivity contribution in [1.29, 1.82) is 0 Å². The molecule has 0 atom stereocenters. The van der Waals surface area contributed by atoms with Gasteiger partial charge in [-0.25, -0.2) is 18.1 Å². The molecule has 1 aromatic rings. The Labute approximate surface area is 95.2 Å². The van der Waals surface area contributed by atoms with Crippen LogP contribution in [0.5, 0.6) is 0 Å². The largest absolute Gasteiger partial charge is 0.411 e. The summed E-state index contributed by atoms with van der Waals surface area (Å²) in [5.74, 6) is 0. The third kappa shape index (κ3) is 5.15. The van der Waals surface area contributed by atoms with Crippen LogP contribution in [-0.2, 0) is 14.8 Å². The Kier molecular flexibility index (Phi) is 4.48. The minimum Gasteiger partial charge on any atom is -0.371 e. The Balaban J connectivity index is 2.28. The molecule has 10 heteroatoms. The van der Waals surface area contributed by atoms with E-state index in [1.54, 1.807) is 0 Å². The van der Waals surface area contributed by atoms with Gasteiger partial charge in [-0.3, -0.25) is 0 Å². The van der Waals surface area contributed by atoms with Crippen LogP contribution in [0, 0.1) is 0 Å². The maximum atomic E-state index is 11.7. The van der Waals surface area contributed by atoms with Crippen molar-refractivity contribution in [1.82, 2.24) is 14.7 Å². The van der Waals surface area contributed by atoms with Crippen molar-refractivity contribution in [3.05, 3.63) is 12.5 Å². The third-order valence-electron chi connectivity index (χ3n) is 1.57. The molecule has 0 aliphatic heterocycles. The fraction of sp³-hybridized carbons (Fsp3) is 0.571. The Hall–Kier alpha value is -1.13. The Morgan fingerprint density at radius 3 is 2.71 bits per heavy atom. The van der Waals surface area contributed by atoms with E-state index in [1.807, 2.05) is 0 Å². The molecule has 1 rings (SSSR count). The maximum Gasteiger partial charge on any atom is 0.411 e. The van der Waals surface area contributed by atoms with E-state index < -0.39 is 22.8 Å². The normalized spacial score (nSPS) is 12.9. The van der Waals surface area contributed by atoms with Crippen molar-refractivity contribution in [2.24, 2.45) is 0 Å². The monoisotopic (exact) mass is 273 g/mol. The number of H-pyrrole nitrogens is 1. The summed E-state index contributed by atoms with van der Waals surface area (Å²) in [6, 6.07) is 0. The van der Waals surface area contributed by atoms with Crippen LogP contribution in [0.3, 0.4) is 0 Å². The van der Waals surface area contributed by atoms with Gasteiger partial charge in [0.05, 0.1) is 19.1 Å². The van der Waals surface area contributed by atoms with Gasteiger partial charge in [-0.1, -0.05) is 0 Å². The molecule has 0 bridgehead atoms. The van der Waals surface area contributed by atoms with E-state index in [1.165, 1.54) is 6.33 Å². The number of halogens is 3. The molecule has 0 saturated carbocycles. The summed E-state index contributed by atoms with van der Waals surface area (Å²) in [6.45, 7) is -2.02. The number of sulfonamides is 1. The van der Waals surface area contributed by atoms with Crippen molar-refractivity contribution < 1.29 is 26.3 Å². The summed E-state index contributed by atoms with van der Waals surface area (Å²) in [6.07, 6.45) is -2.16. The molecule has 0 saturated heterocycles. The molecule has 0 spiro atoms. The maximum absolute atomic E-state index is 11.7. The van der Waals surface area contributed by atoms with Gasteiger partial charge >= 0.3 is 6.18 Å². The van der Waals surface area contributed by atoms with Crippen molar-refractivity contribution in [3.63, 3.8) is 0 Å². The first-order chi connectivity index (χ1) is 7.81. The van der Waals surface area contributed by atoms with Crippen LogP contribution in [0.15, 0.2) is 17.6 Å². The molecular weight excluding hydrogens is 263 g/mol. The third-order valence-corrected chi connectivity index (χ3v) is 2.95. The van der Waals surface area contributed by atoms with Crippen LogP contribution in [0.4, 0.5) is 13.2 Å². The summed E-state index contributed by atoms with van der Waals surface area (Å²) in [5, 5.41) is -0.159. The predicted octanol–water partition coefficient (Wildman–Crippen LogP) is 0.267. The van der Waals surface area contributed by atoms with E-state index in [0.29, 0.717) is 0 Å². The number of nitrogens with zero attached hydrogens (tertiary/aromatic N) is 1. The van der Waals surface area contributed by atoms with Gasteiger partial charge in [-0.2, -0.15) is 13.2 Å². The van der Waals surface area contributed by atoms with E-state index in [0.717, 1.165) is 6.20 Å². The zero-order valence-corrected chi connectivity index (χ0v) is 9.31. The number of alkyl halides is 3. The van der Waals surface area contributed by atoms with Crippen LogP contribution in [0.1, 0.15) is 0 Å². The fourth-order valence-electron chi connectivity index (χ4n) is 0.904. The number of nitrogens with one attached hydrogen (secondary N) is 2. The molecular formula is C7H10F3N3O3S. The van der Waals surface area contributed by atoms with Gasteiger partial charge in [0.2, 0.25) is 0 Å². The molecule has 6 nitrogen and oxygen atoms in total. The van der Waals surface area contributed by atoms with Gasteiger partial charge in [0, 0.05) is 6.54 Å². The first-order valence-electron chi connectivity index (χ1n) is 4.44. The number of hydrogen-bond acceptors (Lipinski definition) is 4. The summed E-state index contributed by atoms with van der Waals surface area (Å²) >= 11 is 0. The van der Waals surface area contributed by atoms with Gasteiger partial charge < -0.3 is 9.72 Å². The number of aromatic nitrogens is 2. The smallest absolute Gasteiger partial charge is 0.371 e. The zero-order chi connectivity index (χ0) is 12.9. The number of imidazole rings is 1. The molecule has 0 aliphatic rings. The summed E-state index contributed by atoms with van der Waals surface area (Å²) in [7, 11) is -3.76. The van der Waals surface area contributed by atoms with Crippen LogP contribution in [-0.4, -0.2) is 44.3 Å². The van der Waals surface area contributed by atoms with E-state index >= 15 is 0 Å². The Morgan fingerprint density at radius 1 is 1.47 bits per heavy atom. The minimum atomic E-state index is -4.41. The van der Waals surface area contributed by atoms with Gasteiger partial charge in [-0.05, 0) is 0 Å². The number of aromatic amines is 1. The molecule has 1 aromatic heterocycles. The van der Waals surface area contributed by atoms with E-state index in [2.05, 4.69) is 19.4 Å². The molecule has 98 valence electrons. The lowest BCUT2D eigenvalue weighted by Gasteiger charge is -2.08. The molecule has 0 radical (unpaired) electrons. The highest BCUT2D eigenvalue weighted by Gasteiger charge is 2.27. The Morgan fingerprint density at radius 2 is 2.18 bits per heavy atom. The summed E-state index contributed by atoms with van der Waals surface area (Å²) in [5.41, 5.74) is 0. The van der Waals surface area contributed by atoms with Gasteiger partial charge in [-0.15, -0.1) is 0 Å². The number of hydrogen-bond donors (Lipinski definition) is 2. The highest BCUT2D eigenvalue weighted by molar-refractivity contribution is 7.89. The van der Waals surface area contributed by atoms with Crippen molar-refractivity contribution in [3.8, 4) is 0 Å². The topological polar surface area (TPSA) is 84.1 Å². The summed E-state index contributed by atoms with van der Waals surface area (Å²) in [4.78, 5) is 5.87. The minimum absolute atomic E-state index is 0.159. The average Bonchev–Trinajstić information content (AvgIpc) is 2.68. The Bertz CT molecular complexity index is 429. The highest BCUT2D eigenvalue weighted by Crippen LogP contribution is 2.14. The van der Waals surface area contributed by atoms with Crippen molar-refractivity contribution >= 4 is 10.0 Å². The van der Waals surface area contributed by atoms with E-state index in [4.69, 9.17) is 0 Å². The van der Waals surface area contributed by atoms with Gasteiger partial charge in [0.1, 0.15) is 6.61 Å². The zero-order valence-electron chi connectivity index (χ0n) is 8.49. The number of rotatable bonds is 6. The first-order valence-corrected chi connectivity index (χ1v) is 5.92. The lowest BCUT2D eigenvalue weighted by atomic mass is 10.7. The lowest BCUT2D eigenvalue weighted by molar-refractivity contribution is -0.173.